The molecule has 0 aliphatic heterocycles. The fraction of sp³-hybridized carbons (Fsp3) is 0.935. The molecule has 0 atom stereocenters. The van der Waals surface area contributed by atoms with Crippen LogP contribution >= 0.6 is 0 Å². The molecule has 0 spiro atoms. The second-order valence-corrected chi connectivity index (χ2v) is 12.6. The van der Waals surface area contributed by atoms with Crippen LogP contribution in [0.1, 0.15) is 123 Å². The van der Waals surface area contributed by atoms with E-state index in [4.69, 9.17) is 0 Å². The molecule has 39 heavy (non-hydrogen) atoms. The van der Waals surface area contributed by atoms with Crippen LogP contribution in [0.2, 0.25) is 0 Å². The molecule has 0 heterocycles. The van der Waals surface area contributed by atoms with E-state index in [0.717, 1.165) is 60.8 Å². The van der Waals surface area contributed by atoms with Crippen molar-refractivity contribution in [2.75, 3.05) is 67.5 Å². The summed E-state index contributed by atoms with van der Waals surface area (Å²) in [6.07, 6.45) is 19.2. The molecule has 2 N–H and O–H groups in total. The molecule has 0 saturated heterocycles. The lowest BCUT2D eigenvalue weighted by Crippen LogP contribution is -3.00. The van der Waals surface area contributed by atoms with Crippen molar-refractivity contribution in [1.29, 1.82) is 0 Å². The first kappa shape index (κ1) is 43.3. The molecule has 2 amide bonds. The Kier molecular flexibility index (Phi) is 31.0. The summed E-state index contributed by atoms with van der Waals surface area (Å²) in [5, 5.41) is 6.21. The van der Waals surface area contributed by atoms with Crippen LogP contribution in [0.5, 0.6) is 0 Å². The van der Waals surface area contributed by atoms with Crippen LogP contribution in [-0.2, 0) is 9.59 Å². The predicted octanol–water partition coefficient (Wildman–Crippen LogP) is 0.0511. The van der Waals surface area contributed by atoms with Crippen LogP contribution in [0.15, 0.2) is 0 Å². The van der Waals surface area contributed by atoms with E-state index >= 15 is 0 Å². The molecular weight excluding hydrogens is 620 g/mol. The number of nitrogens with one attached hydrogen (secondary N) is 2. The van der Waals surface area contributed by atoms with Crippen molar-refractivity contribution in [3.63, 3.8) is 0 Å². The number of hydrogen-bond acceptors (Lipinski definition) is 2. The van der Waals surface area contributed by atoms with E-state index in [9.17, 15) is 9.59 Å². The Morgan fingerprint density at radius 2 is 0.769 bits per heavy atom. The second kappa shape index (κ2) is 28.0. The summed E-state index contributed by atoms with van der Waals surface area (Å²) in [6.45, 7) is 10.7. The first-order chi connectivity index (χ1) is 17.6. The zero-order valence-electron chi connectivity index (χ0n) is 26.7. The zero-order chi connectivity index (χ0) is 27.8. The molecule has 0 fully saturated rings. The van der Waals surface area contributed by atoms with E-state index in [1.807, 2.05) is 0 Å². The van der Waals surface area contributed by atoms with Crippen LogP contribution in [-0.4, -0.2) is 88.2 Å². The van der Waals surface area contributed by atoms with Gasteiger partial charge in [-0.3, -0.25) is 9.59 Å². The summed E-state index contributed by atoms with van der Waals surface area (Å²) >= 11 is 0. The minimum absolute atomic E-state index is 0. The standard InChI is InChI=1S/C31H64N4O2.2BrH/c1-7-9-11-13-16-22-30(36)32-24-20-28-34(3,4)26-18-15-19-27-35(5,6)29-21-25-33-31(37)23-17-14-12-10-8-2;;/h7-29H2,1-6H3;2*1H. The Bertz CT molecular complexity index is 527. The zero-order valence-corrected chi connectivity index (χ0v) is 29.9. The molecule has 6 nitrogen and oxygen atoms in total. The summed E-state index contributed by atoms with van der Waals surface area (Å²) in [5.41, 5.74) is 0. The highest BCUT2D eigenvalue weighted by atomic mass is 79.9. The van der Waals surface area contributed by atoms with E-state index in [0.29, 0.717) is 12.8 Å². The third kappa shape index (κ3) is 30.6. The predicted molar refractivity (Wildman–Crippen MR) is 160 cm³/mol. The summed E-state index contributed by atoms with van der Waals surface area (Å²) in [6, 6.07) is 0. The van der Waals surface area contributed by atoms with Crippen molar-refractivity contribution < 1.29 is 52.5 Å². The highest BCUT2D eigenvalue weighted by Gasteiger charge is 2.17. The number of nitrogens with zero attached hydrogens (tertiary/aromatic N) is 2. The number of quaternary nitrogens is 2. The molecule has 236 valence electrons. The first-order valence-corrected chi connectivity index (χ1v) is 15.8. The molecule has 0 saturated carbocycles. The molecule has 0 rings (SSSR count). The van der Waals surface area contributed by atoms with Gasteiger partial charge in [0.2, 0.25) is 11.8 Å². The highest BCUT2D eigenvalue weighted by Crippen LogP contribution is 2.09. The number of amides is 2. The average Bonchev–Trinajstić information content (AvgIpc) is 2.84. The van der Waals surface area contributed by atoms with E-state index < -0.39 is 0 Å². The number of halogens is 2. The van der Waals surface area contributed by atoms with Gasteiger partial charge in [0.15, 0.2) is 0 Å². The van der Waals surface area contributed by atoms with Crippen molar-refractivity contribution in [1.82, 2.24) is 10.6 Å². The van der Waals surface area contributed by atoms with Gasteiger partial charge >= 0.3 is 0 Å². The fourth-order valence-corrected chi connectivity index (χ4v) is 4.90. The van der Waals surface area contributed by atoms with E-state index in [1.165, 1.54) is 83.7 Å². The van der Waals surface area contributed by atoms with E-state index in [2.05, 4.69) is 52.7 Å². The molecule has 8 heteroatoms. The SMILES string of the molecule is CCCCCCCC(=O)NCCC[N+](C)(C)CCCCC[N+](C)(C)CCCNC(=O)CCCCCCC.[Br-].[Br-]. The quantitative estimate of drug-likeness (QED) is 0.100. The van der Waals surface area contributed by atoms with Crippen molar-refractivity contribution in [3.8, 4) is 0 Å². The van der Waals surface area contributed by atoms with Crippen molar-refractivity contribution >= 4 is 11.8 Å². The summed E-state index contributed by atoms with van der Waals surface area (Å²) < 4.78 is 2.06. The summed E-state index contributed by atoms with van der Waals surface area (Å²) in [5.74, 6) is 0.449. The molecule has 0 radical (unpaired) electrons. The minimum Gasteiger partial charge on any atom is -1.00 e. The third-order valence-electron chi connectivity index (χ3n) is 7.57. The van der Waals surface area contributed by atoms with E-state index in [1.54, 1.807) is 0 Å². The van der Waals surface area contributed by atoms with Crippen LogP contribution in [0.3, 0.4) is 0 Å². The van der Waals surface area contributed by atoms with Crippen molar-refractivity contribution in [2.24, 2.45) is 0 Å². The Labute approximate surface area is 264 Å². The normalized spacial score (nSPS) is 11.4. The van der Waals surface area contributed by atoms with Gasteiger partial charge in [-0.05, 0) is 32.1 Å². The maximum Gasteiger partial charge on any atom is 0.219 e. The Morgan fingerprint density at radius 1 is 0.462 bits per heavy atom. The fourth-order valence-electron chi connectivity index (χ4n) is 4.90. The lowest BCUT2D eigenvalue weighted by molar-refractivity contribution is -0.892. The van der Waals surface area contributed by atoms with Crippen LogP contribution < -0.4 is 44.6 Å². The third-order valence-corrected chi connectivity index (χ3v) is 7.57. The Balaban J connectivity index is -0.00000648. The van der Waals surface area contributed by atoms with Gasteiger partial charge in [-0.1, -0.05) is 65.2 Å². The number of carbonyl (C=O) groups is 2. The lowest BCUT2D eigenvalue weighted by Gasteiger charge is -2.31. The maximum absolute atomic E-state index is 12.0. The van der Waals surface area contributed by atoms with E-state index in [-0.39, 0.29) is 45.8 Å². The van der Waals surface area contributed by atoms with Gasteiger partial charge in [0, 0.05) is 38.8 Å². The minimum atomic E-state index is 0. The molecule has 0 aliphatic carbocycles. The molecule has 0 aromatic rings. The average molecular weight is 687 g/mol. The van der Waals surface area contributed by atoms with Gasteiger partial charge in [0.1, 0.15) is 0 Å². The first-order valence-electron chi connectivity index (χ1n) is 15.8. The molecule has 0 aromatic heterocycles. The lowest BCUT2D eigenvalue weighted by atomic mass is 10.1. The summed E-state index contributed by atoms with van der Waals surface area (Å²) in [4.78, 5) is 23.9. The smallest absolute Gasteiger partial charge is 0.219 e. The summed E-state index contributed by atoms with van der Waals surface area (Å²) in [7, 11) is 9.26. The van der Waals surface area contributed by atoms with Crippen molar-refractivity contribution in [2.45, 2.75) is 123 Å². The van der Waals surface area contributed by atoms with Crippen LogP contribution in [0, 0.1) is 0 Å². The van der Waals surface area contributed by atoms with Gasteiger partial charge in [-0.25, -0.2) is 0 Å². The number of carbonyl (C=O) groups excluding carboxylic acids is 2. The molecule has 0 aromatic carbocycles. The van der Waals surface area contributed by atoms with Gasteiger partial charge < -0.3 is 53.6 Å². The van der Waals surface area contributed by atoms with Gasteiger partial charge in [-0.2, -0.15) is 0 Å². The maximum atomic E-state index is 12.0. The Hall–Kier alpha value is -0.180. The molecular formula is C31H66Br2N4O2. The highest BCUT2D eigenvalue weighted by molar-refractivity contribution is 5.76. The van der Waals surface area contributed by atoms with Crippen LogP contribution in [0.4, 0.5) is 0 Å². The molecule has 0 unspecified atom stereocenters. The Morgan fingerprint density at radius 3 is 1.13 bits per heavy atom. The van der Waals surface area contributed by atoms with Crippen molar-refractivity contribution in [3.05, 3.63) is 0 Å². The van der Waals surface area contributed by atoms with Crippen LogP contribution in [0.25, 0.3) is 0 Å². The number of hydrogen-bond donors (Lipinski definition) is 2. The monoisotopic (exact) mass is 684 g/mol. The second-order valence-electron chi connectivity index (χ2n) is 12.6. The molecule has 0 bridgehead atoms. The van der Waals surface area contributed by atoms with Gasteiger partial charge in [0.05, 0.1) is 54.4 Å². The number of unbranched alkanes of at least 4 members (excludes halogenated alkanes) is 10. The topological polar surface area (TPSA) is 58.2 Å². The largest absolute Gasteiger partial charge is 1.00 e. The van der Waals surface area contributed by atoms with Gasteiger partial charge in [0.25, 0.3) is 0 Å². The molecule has 0 aliphatic rings. The van der Waals surface area contributed by atoms with Gasteiger partial charge in [-0.15, -0.1) is 0 Å². The number of rotatable bonds is 26.